The Morgan fingerprint density at radius 3 is 2.30 bits per heavy atom. The summed E-state index contributed by atoms with van der Waals surface area (Å²) in [5.41, 5.74) is 1.53. The Balaban J connectivity index is 2.69. The van der Waals surface area contributed by atoms with Crippen LogP contribution in [0.4, 0.5) is 5.69 Å². The molecule has 1 rings (SSSR count). The molecular formula is C16H24N2O2. The van der Waals surface area contributed by atoms with Crippen molar-refractivity contribution in [2.24, 2.45) is 5.41 Å². The van der Waals surface area contributed by atoms with E-state index in [1.807, 2.05) is 52.0 Å². The van der Waals surface area contributed by atoms with Crippen LogP contribution in [0.25, 0.3) is 0 Å². The van der Waals surface area contributed by atoms with Gasteiger partial charge in [0, 0.05) is 31.1 Å². The summed E-state index contributed by atoms with van der Waals surface area (Å²) in [6.07, 6.45) is 0. The molecule has 1 aromatic carbocycles. The van der Waals surface area contributed by atoms with E-state index >= 15 is 0 Å². The fraction of sp³-hybridized carbons (Fsp3) is 0.500. The third-order valence-corrected chi connectivity index (χ3v) is 3.09. The van der Waals surface area contributed by atoms with Gasteiger partial charge in [0.2, 0.25) is 11.8 Å². The molecule has 4 nitrogen and oxygen atoms in total. The number of hydrogen-bond acceptors (Lipinski definition) is 2. The van der Waals surface area contributed by atoms with Crippen LogP contribution in [0.5, 0.6) is 0 Å². The molecule has 0 aliphatic heterocycles. The first kappa shape index (κ1) is 16.2. The van der Waals surface area contributed by atoms with Gasteiger partial charge in [-0.2, -0.15) is 0 Å². The summed E-state index contributed by atoms with van der Waals surface area (Å²) in [7, 11) is 0. The quantitative estimate of drug-likeness (QED) is 0.918. The highest BCUT2D eigenvalue weighted by molar-refractivity contribution is 5.92. The fourth-order valence-corrected chi connectivity index (χ4v) is 1.86. The third-order valence-electron chi connectivity index (χ3n) is 3.09. The molecule has 0 radical (unpaired) electrons. The number of carbonyl (C=O) groups excluding carboxylic acids is 2. The van der Waals surface area contributed by atoms with Gasteiger partial charge in [-0.3, -0.25) is 9.59 Å². The van der Waals surface area contributed by atoms with Crippen LogP contribution in [0.3, 0.4) is 0 Å². The van der Waals surface area contributed by atoms with Gasteiger partial charge in [0.15, 0.2) is 0 Å². The van der Waals surface area contributed by atoms with E-state index in [-0.39, 0.29) is 11.8 Å². The van der Waals surface area contributed by atoms with Crippen molar-refractivity contribution < 1.29 is 9.59 Å². The first-order valence-electron chi connectivity index (χ1n) is 6.85. The molecule has 1 N–H and O–H groups in total. The van der Waals surface area contributed by atoms with E-state index in [2.05, 4.69) is 5.32 Å². The minimum Gasteiger partial charge on any atom is -0.354 e. The number of amides is 2. The number of aryl methyl sites for hydroxylation is 1. The number of benzene rings is 1. The minimum atomic E-state index is -0.413. The van der Waals surface area contributed by atoms with Crippen LogP contribution in [0.2, 0.25) is 0 Å². The molecule has 4 heteroatoms. The summed E-state index contributed by atoms with van der Waals surface area (Å²) in [5, 5.41) is 2.86. The summed E-state index contributed by atoms with van der Waals surface area (Å²) in [5.74, 6) is -0.0323. The number of carbonyl (C=O) groups is 2. The third kappa shape index (κ3) is 4.37. The van der Waals surface area contributed by atoms with E-state index in [0.717, 1.165) is 11.3 Å². The molecule has 110 valence electrons. The minimum absolute atomic E-state index is 0.00853. The predicted octanol–water partition coefficient (Wildman–Crippen LogP) is 2.51. The average Bonchev–Trinajstić information content (AvgIpc) is 2.34. The van der Waals surface area contributed by atoms with Crippen LogP contribution >= 0.6 is 0 Å². The molecule has 2 amide bonds. The molecule has 0 saturated heterocycles. The smallest absolute Gasteiger partial charge is 0.225 e. The molecule has 0 heterocycles. The lowest BCUT2D eigenvalue weighted by Crippen LogP contribution is -2.41. The Morgan fingerprint density at radius 2 is 1.80 bits per heavy atom. The fourth-order valence-electron chi connectivity index (χ4n) is 1.86. The SMILES string of the molecule is CC(=O)N(CCNC(=O)C(C)(C)C)c1ccccc1C. The van der Waals surface area contributed by atoms with Gasteiger partial charge in [0.25, 0.3) is 0 Å². The van der Waals surface area contributed by atoms with E-state index in [0.29, 0.717) is 13.1 Å². The second-order valence-electron chi connectivity index (χ2n) is 5.96. The first-order chi connectivity index (χ1) is 9.23. The molecule has 0 bridgehead atoms. The zero-order valence-corrected chi connectivity index (χ0v) is 13.0. The van der Waals surface area contributed by atoms with Crippen LogP contribution in [0, 0.1) is 12.3 Å². The van der Waals surface area contributed by atoms with Crippen molar-refractivity contribution in [2.75, 3.05) is 18.0 Å². The number of hydrogen-bond donors (Lipinski definition) is 1. The van der Waals surface area contributed by atoms with E-state index in [4.69, 9.17) is 0 Å². The molecule has 0 spiro atoms. The molecule has 0 aliphatic carbocycles. The van der Waals surface area contributed by atoms with Crippen molar-refractivity contribution in [3.8, 4) is 0 Å². The lowest BCUT2D eigenvalue weighted by Gasteiger charge is -2.24. The van der Waals surface area contributed by atoms with Crippen molar-refractivity contribution in [2.45, 2.75) is 34.6 Å². The van der Waals surface area contributed by atoms with Gasteiger partial charge < -0.3 is 10.2 Å². The van der Waals surface area contributed by atoms with Gasteiger partial charge in [-0.05, 0) is 18.6 Å². The maximum atomic E-state index is 11.8. The molecule has 0 unspecified atom stereocenters. The Bertz CT molecular complexity index is 489. The number of para-hydroxylation sites is 1. The van der Waals surface area contributed by atoms with Crippen LogP contribution in [0.1, 0.15) is 33.3 Å². The summed E-state index contributed by atoms with van der Waals surface area (Å²) in [4.78, 5) is 25.3. The molecule has 0 fully saturated rings. The highest BCUT2D eigenvalue weighted by atomic mass is 16.2. The van der Waals surface area contributed by atoms with Gasteiger partial charge in [0.05, 0.1) is 0 Å². The second kappa shape index (κ2) is 6.55. The molecule has 20 heavy (non-hydrogen) atoms. The molecular weight excluding hydrogens is 252 g/mol. The van der Waals surface area contributed by atoms with Crippen LogP contribution in [-0.2, 0) is 9.59 Å². The number of nitrogens with one attached hydrogen (secondary N) is 1. The van der Waals surface area contributed by atoms with Gasteiger partial charge in [-0.15, -0.1) is 0 Å². The standard InChI is InChI=1S/C16H24N2O2/c1-12-8-6-7-9-14(12)18(13(2)19)11-10-17-15(20)16(3,4)5/h6-9H,10-11H2,1-5H3,(H,17,20). The summed E-state index contributed by atoms with van der Waals surface area (Å²) >= 11 is 0. The first-order valence-corrected chi connectivity index (χ1v) is 6.85. The van der Waals surface area contributed by atoms with E-state index in [1.165, 1.54) is 6.92 Å². The van der Waals surface area contributed by atoms with Crippen molar-refractivity contribution in [1.82, 2.24) is 5.32 Å². The van der Waals surface area contributed by atoms with Gasteiger partial charge in [-0.25, -0.2) is 0 Å². The monoisotopic (exact) mass is 276 g/mol. The van der Waals surface area contributed by atoms with Crippen LogP contribution < -0.4 is 10.2 Å². The predicted molar refractivity (Wildman–Crippen MR) is 81.7 cm³/mol. The van der Waals surface area contributed by atoms with Crippen molar-refractivity contribution in [3.63, 3.8) is 0 Å². The van der Waals surface area contributed by atoms with Gasteiger partial charge in [0.1, 0.15) is 0 Å². The Morgan fingerprint density at radius 1 is 1.20 bits per heavy atom. The van der Waals surface area contributed by atoms with Crippen molar-refractivity contribution >= 4 is 17.5 Å². The summed E-state index contributed by atoms with van der Waals surface area (Å²) in [6.45, 7) is 10.0. The topological polar surface area (TPSA) is 49.4 Å². The zero-order chi connectivity index (χ0) is 15.3. The number of nitrogens with zero attached hydrogens (tertiary/aromatic N) is 1. The summed E-state index contributed by atoms with van der Waals surface area (Å²) in [6, 6.07) is 7.74. The normalized spacial score (nSPS) is 11.1. The second-order valence-corrected chi connectivity index (χ2v) is 5.96. The highest BCUT2D eigenvalue weighted by Crippen LogP contribution is 2.19. The lowest BCUT2D eigenvalue weighted by molar-refractivity contribution is -0.128. The molecule has 1 aromatic rings. The van der Waals surface area contributed by atoms with Crippen molar-refractivity contribution in [1.29, 1.82) is 0 Å². The largest absolute Gasteiger partial charge is 0.354 e. The zero-order valence-electron chi connectivity index (χ0n) is 13.0. The maximum Gasteiger partial charge on any atom is 0.225 e. The average molecular weight is 276 g/mol. The summed E-state index contributed by atoms with van der Waals surface area (Å²) < 4.78 is 0. The lowest BCUT2D eigenvalue weighted by atomic mass is 9.96. The Labute approximate surface area is 121 Å². The highest BCUT2D eigenvalue weighted by Gasteiger charge is 2.21. The molecule has 0 aromatic heterocycles. The molecule has 0 atom stereocenters. The van der Waals surface area contributed by atoms with E-state index < -0.39 is 5.41 Å². The van der Waals surface area contributed by atoms with E-state index in [1.54, 1.807) is 4.90 Å². The van der Waals surface area contributed by atoms with Crippen LogP contribution in [0.15, 0.2) is 24.3 Å². The van der Waals surface area contributed by atoms with Gasteiger partial charge >= 0.3 is 0 Å². The maximum absolute atomic E-state index is 11.8. The Hall–Kier alpha value is -1.84. The van der Waals surface area contributed by atoms with E-state index in [9.17, 15) is 9.59 Å². The molecule has 0 aliphatic rings. The molecule has 0 saturated carbocycles. The van der Waals surface area contributed by atoms with Crippen LogP contribution in [-0.4, -0.2) is 24.9 Å². The Kier molecular flexibility index (Phi) is 5.31. The number of anilines is 1. The van der Waals surface area contributed by atoms with Crippen molar-refractivity contribution in [3.05, 3.63) is 29.8 Å². The number of rotatable bonds is 4. The van der Waals surface area contributed by atoms with Gasteiger partial charge in [-0.1, -0.05) is 39.0 Å².